The van der Waals surface area contributed by atoms with Crippen molar-refractivity contribution in [2.75, 3.05) is 18.5 Å². The lowest BCUT2D eigenvalue weighted by atomic mass is 9.90. The van der Waals surface area contributed by atoms with E-state index in [0.717, 1.165) is 30.4 Å². The predicted molar refractivity (Wildman–Crippen MR) is 82.4 cm³/mol. The molecule has 0 bridgehead atoms. The highest BCUT2D eigenvalue weighted by atomic mass is 16.5. The second-order valence-corrected chi connectivity index (χ2v) is 5.94. The molecule has 0 aromatic carbocycles. The van der Waals surface area contributed by atoms with E-state index in [1.54, 1.807) is 6.33 Å². The molecule has 0 unspecified atom stereocenters. The fourth-order valence-corrected chi connectivity index (χ4v) is 2.87. The van der Waals surface area contributed by atoms with Crippen molar-refractivity contribution in [3.8, 4) is 5.88 Å². The number of ether oxygens (including phenoxy) is 1. The van der Waals surface area contributed by atoms with Crippen LogP contribution in [0.5, 0.6) is 5.88 Å². The lowest BCUT2D eigenvalue weighted by molar-refractivity contribution is 0.200. The van der Waals surface area contributed by atoms with Crippen molar-refractivity contribution in [1.29, 1.82) is 0 Å². The first-order chi connectivity index (χ1) is 9.72. The minimum atomic E-state index is 0.353. The van der Waals surface area contributed by atoms with Gasteiger partial charge in [-0.15, -0.1) is 0 Å². The standard InChI is InChI=1S/C16H27N3O/c1-4-17-15-14(12(2)3)16(19-11-18-15)20-10-13-8-6-5-7-9-13/h11-13H,4-10H2,1-3H3,(H,17,18,19). The van der Waals surface area contributed by atoms with Gasteiger partial charge in [-0.25, -0.2) is 9.97 Å². The topological polar surface area (TPSA) is 47.0 Å². The minimum Gasteiger partial charge on any atom is -0.477 e. The van der Waals surface area contributed by atoms with Crippen molar-refractivity contribution in [3.05, 3.63) is 11.9 Å². The van der Waals surface area contributed by atoms with E-state index in [2.05, 4.69) is 36.1 Å². The third-order valence-corrected chi connectivity index (χ3v) is 3.95. The van der Waals surface area contributed by atoms with Crippen LogP contribution in [0.3, 0.4) is 0 Å². The van der Waals surface area contributed by atoms with E-state index >= 15 is 0 Å². The summed E-state index contributed by atoms with van der Waals surface area (Å²) in [6.45, 7) is 8.05. The van der Waals surface area contributed by atoms with E-state index < -0.39 is 0 Å². The Morgan fingerprint density at radius 3 is 2.65 bits per heavy atom. The van der Waals surface area contributed by atoms with E-state index in [9.17, 15) is 0 Å². The molecule has 0 aliphatic heterocycles. The maximum atomic E-state index is 6.03. The molecular weight excluding hydrogens is 250 g/mol. The van der Waals surface area contributed by atoms with Crippen molar-refractivity contribution >= 4 is 5.82 Å². The zero-order valence-corrected chi connectivity index (χ0v) is 13.0. The molecule has 4 nitrogen and oxygen atoms in total. The molecule has 112 valence electrons. The predicted octanol–water partition coefficient (Wildman–Crippen LogP) is 3.99. The van der Waals surface area contributed by atoms with Crippen LogP contribution < -0.4 is 10.1 Å². The number of hydrogen-bond acceptors (Lipinski definition) is 4. The average molecular weight is 277 g/mol. The van der Waals surface area contributed by atoms with E-state index in [1.807, 2.05) is 0 Å². The van der Waals surface area contributed by atoms with Crippen LogP contribution in [0.2, 0.25) is 0 Å². The first kappa shape index (κ1) is 15.1. The molecule has 1 fully saturated rings. The van der Waals surface area contributed by atoms with Gasteiger partial charge < -0.3 is 10.1 Å². The zero-order valence-electron chi connectivity index (χ0n) is 13.0. The van der Waals surface area contributed by atoms with E-state index in [1.165, 1.54) is 32.1 Å². The molecular formula is C16H27N3O. The number of nitrogens with zero attached hydrogens (tertiary/aromatic N) is 2. The summed E-state index contributed by atoms with van der Waals surface area (Å²) in [6, 6.07) is 0. The maximum absolute atomic E-state index is 6.03. The van der Waals surface area contributed by atoms with Gasteiger partial charge in [0.05, 0.1) is 12.2 Å². The van der Waals surface area contributed by atoms with Gasteiger partial charge in [-0.2, -0.15) is 0 Å². The molecule has 1 aromatic heterocycles. The Labute approximate surface area is 122 Å². The molecule has 0 radical (unpaired) electrons. The molecule has 1 saturated carbocycles. The van der Waals surface area contributed by atoms with Crippen LogP contribution in [0, 0.1) is 5.92 Å². The van der Waals surface area contributed by atoms with Crippen molar-refractivity contribution in [2.24, 2.45) is 5.92 Å². The van der Waals surface area contributed by atoms with Gasteiger partial charge in [0.1, 0.15) is 12.1 Å². The molecule has 2 rings (SSSR count). The first-order valence-corrected chi connectivity index (χ1v) is 7.94. The second kappa shape index (κ2) is 7.46. The minimum absolute atomic E-state index is 0.353. The largest absolute Gasteiger partial charge is 0.477 e. The Balaban J connectivity index is 2.07. The van der Waals surface area contributed by atoms with E-state index in [0.29, 0.717) is 11.8 Å². The quantitative estimate of drug-likeness (QED) is 0.854. The molecule has 20 heavy (non-hydrogen) atoms. The SMILES string of the molecule is CCNc1ncnc(OCC2CCCCC2)c1C(C)C. The summed E-state index contributed by atoms with van der Waals surface area (Å²) in [5.41, 5.74) is 1.10. The summed E-state index contributed by atoms with van der Waals surface area (Å²) in [7, 11) is 0. The Hall–Kier alpha value is -1.32. The number of rotatable bonds is 6. The van der Waals surface area contributed by atoms with Crippen LogP contribution in [0.1, 0.15) is 64.4 Å². The monoisotopic (exact) mass is 277 g/mol. The van der Waals surface area contributed by atoms with Gasteiger partial charge in [0, 0.05) is 6.54 Å². The van der Waals surface area contributed by atoms with Crippen molar-refractivity contribution in [2.45, 2.75) is 58.8 Å². The van der Waals surface area contributed by atoms with Crippen LogP contribution in [-0.2, 0) is 0 Å². The maximum Gasteiger partial charge on any atom is 0.222 e. The summed E-state index contributed by atoms with van der Waals surface area (Å²) in [5, 5.41) is 3.30. The molecule has 1 aliphatic rings. The molecule has 1 aliphatic carbocycles. The van der Waals surface area contributed by atoms with Crippen LogP contribution in [-0.4, -0.2) is 23.1 Å². The molecule has 1 N–H and O–H groups in total. The Morgan fingerprint density at radius 1 is 1.25 bits per heavy atom. The van der Waals surface area contributed by atoms with Crippen LogP contribution in [0.15, 0.2) is 6.33 Å². The average Bonchev–Trinajstić information content (AvgIpc) is 2.46. The number of hydrogen-bond donors (Lipinski definition) is 1. The fraction of sp³-hybridized carbons (Fsp3) is 0.750. The zero-order chi connectivity index (χ0) is 14.4. The molecule has 1 heterocycles. The van der Waals surface area contributed by atoms with Gasteiger partial charge in [-0.05, 0) is 31.6 Å². The van der Waals surface area contributed by atoms with Crippen molar-refractivity contribution in [1.82, 2.24) is 9.97 Å². The third kappa shape index (κ3) is 3.84. The van der Waals surface area contributed by atoms with Crippen molar-refractivity contribution < 1.29 is 4.74 Å². The van der Waals surface area contributed by atoms with Gasteiger partial charge >= 0.3 is 0 Å². The lowest BCUT2D eigenvalue weighted by Gasteiger charge is -2.23. The van der Waals surface area contributed by atoms with Gasteiger partial charge in [0.2, 0.25) is 5.88 Å². The van der Waals surface area contributed by atoms with Crippen LogP contribution in [0.4, 0.5) is 5.82 Å². The highest BCUT2D eigenvalue weighted by molar-refractivity contribution is 5.50. The van der Waals surface area contributed by atoms with E-state index in [4.69, 9.17) is 4.74 Å². The molecule has 0 atom stereocenters. The lowest BCUT2D eigenvalue weighted by Crippen LogP contribution is -2.17. The van der Waals surface area contributed by atoms with Crippen LogP contribution >= 0.6 is 0 Å². The van der Waals surface area contributed by atoms with Gasteiger partial charge in [0.15, 0.2) is 0 Å². The third-order valence-electron chi connectivity index (χ3n) is 3.95. The molecule has 4 heteroatoms. The van der Waals surface area contributed by atoms with Gasteiger partial charge in [-0.1, -0.05) is 33.1 Å². The Morgan fingerprint density at radius 2 is 2.00 bits per heavy atom. The molecule has 0 saturated heterocycles. The van der Waals surface area contributed by atoms with Gasteiger partial charge in [0.25, 0.3) is 0 Å². The van der Waals surface area contributed by atoms with Crippen molar-refractivity contribution in [3.63, 3.8) is 0 Å². The first-order valence-electron chi connectivity index (χ1n) is 7.94. The highest BCUT2D eigenvalue weighted by Gasteiger charge is 2.19. The van der Waals surface area contributed by atoms with Crippen LogP contribution in [0.25, 0.3) is 0 Å². The summed E-state index contributed by atoms with van der Waals surface area (Å²) in [5.74, 6) is 2.72. The summed E-state index contributed by atoms with van der Waals surface area (Å²) >= 11 is 0. The molecule has 0 amide bonds. The number of nitrogens with one attached hydrogen (secondary N) is 1. The summed E-state index contributed by atoms with van der Waals surface area (Å²) in [6.07, 6.45) is 8.26. The normalized spacial score (nSPS) is 16.4. The Bertz CT molecular complexity index is 414. The number of anilines is 1. The summed E-state index contributed by atoms with van der Waals surface area (Å²) in [4.78, 5) is 8.70. The molecule has 0 spiro atoms. The fourth-order valence-electron chi connectivity index (χ4n) is 2.87. The second-order valence-electron chi connectivity index (χ2n) is 5.94. The molecule has 1 aromatic rings. The Kier molecular flexibility index (Phi) is 5.62. The smallest absolute Gasteiger partial charge is 0.222 e. The van der Waals surface area contributed by atoms with Gasteiger partial charge in [-0.3, -0.25) is 0 Å². The summed E-state index contributed by atoms with van der Waals surface area (Å²) < 4.78 is 6.03. The van der Waals surface area contributed by atoms with E-state index in [-0.39, 0.29) is 0 Å². The highest BCUT2D eigenvalue weighted by Crippen LogP contribution is 2.31. The number of aromatic nitrogens is 2.